The largest absolute Gasteiger partial charge is 0.467 e. The first-order valence-electron chi connectivity index (χ1n) is 15.0. The number of hydrogen-bond donors (Lipinski definition) is 4. The zero-order chi connectivity index (χ0) is 33.3. The van der Waals surface area contributed by atoms with Gasteiger partial charge in [-0.1, -0.05) is 24.3 Å². The summed E-state index contributed by atoms with van der Waals surface area (Å²) < 4.78 is 4.55. The smallest absolute Gasteiger partial charge is 0.328 e. The van der Waals surface area contributed by atoms with Crippen molar-refractivity contribution in [2.24, 2.45) is 0 Å². The molecule has 0 radical (unpaired) electrons. The van der Waals surface area contributed by atoms with Crippen molar-refractivity contribution < 1.29 is 28.7 Å². The molecule has 0 fully saturated rings. The second kappa shape index (κ2) is 18.6. The number of hydrogen-bond acceptors (Lipinski definition) is 9. The number of nitrogens with zero attached hydrogens (tertiary/aromatic N) is 3. The van der Waals surface area contributed by atoms with E-state index in [1.165, 1.54) is 21.0 Å². The van der Waals surface area contributed by atoms with E-state index in [0.717, 1.165) is 17.0 Å². The van der Waals surface area contributed by atoms with E-state index in [4.69, 9.17) is 0 Å². The number of methoxy groups -OCH3 is 1. The number of benzene rings is 1. The second-order valence-corrected chi connectivity index (χ2v) is 10.7. The van der Waals surface area contributed by atoms with Gasteiger partial charge in [-0.2, -0.15) is 0 Å². The van der Waals surface area contributed by atoms with Crippen LogP contribution >= 0.6 is 0 Å². The highest BCUT2D eigenvalue weighted by Gasteiger charge is 2.21. The molecule has 3 rings (SSSR count). The SMILES string of the molecule is COC(=O)C(C)NC(=O)C(C)NC(=O)CCC(=O)NCCc1ccc(NC(=O)CN(Cc2ccccn2)Cc2ccccn2)cc1. The van der Waals surface area contributed by atoms with E-state index in [9.17, 15) is 24.0 Å². The number of carbonyl (C=O) groups excluding carboxylic acids is 5. The number of ether oxygens (including phenoxy) is 1. The van der Waals surface area contributed by atoms with E-state index in [1.54, 1.807) is 12.4 Å². The average Bonchev–Trinajstić information content (AvgIpc) is 3.05. The van der Waals surface area contributed by atoms with Gasteiger partial charge in [0, 0.05) is 50.6 Å². The van der Waals surface area contributed by atoms with Gasteiger partial charge in [0.15, 0.2) is 0 Å². The molecule has 0 aliphatic rings. The number of amides is 4. The second-order valence-electron chi connectivity index (χ2n) is 10.7. The molecule has 13 nitrogen and oxygen atoms in total. The topological polar surface area (TPSA) is 172 Å². The zero-order valence-electron chi connectivity index (χ0n) is 26.3. The molecule has 0 saturated carbocycles. The molecule has 0 bridgehead atoms. The summed E-state index contributed by atoms with van der Waals surface area (Å²) in [7, 11) is 1.21. The van der Waals surface area contributed by atoms with Crippen LogP contribution in [0, 0.1) is 0 Å². The molecule has 13 heteroatoms. The quantitative estimate of drug-likeness (QED) is 0.162. The molecule has 3 aromatic rings. The predicted octanol–water partition coefficient (Wildman–Crippen LogP) is 1.74. The van der Waals surface area contributed by atoms with Crippen molar-refractivity contribution in [3.8, 4) is 0 Å². The van der Waals surface area contributed by atoms with Crippen LogP contribution in [0.25, 0.3) is 0 Å². The minimum atomic E-state index is -0.882. The summed E-state index contributed by atoms with van der Waals surface area (Å²) >= 11 is 0. The Balaban J connectivity index is 1.38. The third-order valence-electron chi connectivity index (χ3n) is 6.83. The summed E-state index contributed by atoms with van der Waals surface area (Å²) in [6, 6.07) is 17.0. The van der Waals surface area contributed by atoms with Gasteiger partial charge in [-0.3, -0.25) is 34.0 Å². The van der Waals surface area contributed by atoms with Gasteiger partial charge in [0.25, 0.3) is 0 Å². The molecule has 0 spiro atoms. The first kappa shape index (κ1) is 35.3. The van der Waals surface area contributed by atoms with E-state index < -0.39 is 29.9 Å². The van der Waals surface area contributed by atoms with Crippen LogP contribution in [0.2, 0.25) is 0 Å². The van der Waals surface area contributed by atoms with E-state index in [0.29, 0.717) is 31.7 Å². The van der Waals surface area contributed by atoms with Crippen molar-refractivity contribution in [2.45, 2.75) is 58.3 Å². The highest BCUT2D eigenvalue weighted by Crippen LogP contribution is 2.12. The summed E-state index contributed by atoms with van der Waals surface area (Å²) in [5.41, 5.74) is 3.33. The molecule has 4 amide bonds. The van der Waals surface area contributed by atoms with Crippen LogP contribution in [0.5, 0.6) is 0 Å². The fourth-order valence-electron chi connectivity index (χ4n) is 4.38. The number of esters is 1. The molecule has 0 aliphatic heterocycles. The lowest BCUT2D eigenvalue weighted by Crippen LogP contribution is -2.49. The Bertz CT molecular complexity index is 1400. The van der Waals surface area contributed by atoms with Crippen molar-refractivity contribution in [2.75, 3.05) is 25.5 Å². The Kier molecular flexibility index (Phi) is 14.3. The van der Waals surface area contributed by atoms with Gasteiger partial charge in [0.05, 0.1) is 25.0 Å². The summed E-state index contributed by atoms with van der Waals surface area (Å²) in [6.45, 7) is 4.46. The minimum Gasteiger partial charge on any atom is -0.467 e. The monoisotopic (exact) mass is 631 g/mol. The molecule has 46 heavy (non-hydrogen) atoms. The van der Waals surface area contributed by atoms with E-state index in [-0.39, 0.29) is 31.2 Å². The van der Waals surface area contributed by atoms with Crippen LogP contribution in [0.4, 0.5) is 5.69 Å². The molecule has 244 valence electrons. The maximum absolute atomic E-state index is 12.9. The molecule has 2 heterocycles. The molecular weight excluding hydrogens is 590 g/mol. The van der Waals surface area contributed by atoms with Crippen LogP contribution in [-0.2, 0) is 48.2 Å². The van der Waals surface area contributed by atoms with Gasteiger partial charge < -0.3 is 26.0 Å². The number of anilines is 1. The third kappa shape index (κ3) is 12.8. The first-order chi connectivity index (χ1) is 22.1. The van der Waals surface area contributed by atoms with Crippen LogP contribution in [0.3, 0.4) is 0 Å². The van der Waals surface area contributed by atoms with Crippen LogP contribution in [-0.4, -0.2) is 76.7 Å². The van der Waals surface area contributed by atoms with Gasteiger partial charge in [0.2, 0.25) is 23.6 Å². The Morgan fingerprint density at radius 1 is 0.761 bits per heavy atom. The van der Waals surface area contributed by atoms with Crippen LogP contribution < -0.4 is 21.3 Å². The van der Waals surface area contributed by atoms with Gasteiger partial charge in [-0.05, 0) is 62.2 Å². The normalized spacial score (nSPS) is 12.0. The van der Waals surface area contributed by atoms with Gasteiger partial charge in [-0.25, -0.2) is 4.79 Å². The van der Waals surface area contributed by atoms with Gasteiger partial charge >= 0.3 is 5.97 Å². The highest BCUT2D eigenvalue weighted by molar-refractivity contribution is 5.92. The number of rotatable bonds is 17. The molecule has 0 aliphatic carbocycles. The lowest BCUT2D eigenvalue weighted by molar-refractivity contribution is -0.144. The van der Waals surface area contributed by atoms with Gasteiger partial charge in [0.1, 0.15) is 12.1 Å². The minimum absolute atomic E-state index is 0.0403. The lowest BCUT2D eigenvalue weighted by Gasteiger charge is -2.21. The first-order valence-corrected chi connectivity index (χ1v) is 15.0. The summed E-state index contributed by atoms with van der Waals surface area (Å²) in [5, 5.41) is 10.7. The standard InChI is InChI=1S/C33H41N7O6/c1-23(32(44)38-24(2)33(45)46-3)37-30(42)15-14-29(41)36-19-16-25-10-12-26(13-11-25)39-31(43)22-40(20-27-8-4-6-17-34-27)21-28-9-5-7-18-35-28/h4-13,17-18,23-24H,14-16,19-22H2,1-3H3,(H,36,41)(H,37,42)(H,38,44)(H,39,43). The number of pyridine rings is 2. The van der Waals surface area contributed by atoms with Crippen molar-refractivity contribution in [1.29, 1.82) is 0 Å². The van der Waals surface area contributed by atoms with E-state index >= 15 is 0 Å². The maximum atomic E-state index is 12.9. The summed E-state index contributed by atoms with van der Waals surface area (Å²) in [4.78, 5) is 71.6. The molecule has 4 N–H and O–H groups in total. The van der Waals surface area contributed by atoms with Crippen molar-refractivity contribution in [3.05, 3.63) is 90.0 Å². The zero-order valence-corrected chi connectivity index (χ0v) is 26.3. The number of nitrogens with one attached hydrogen (secondary N) is 4. The third-order valence-corrected chi connectivity index (χ3v) is 6.83. The van der Waals surface area contributed by atoms with Crippen molar-refractivity contribution in [1.82, 2.24) is 30.8 Å². The van der Waals surface area contributed by atoms with E-state index in [2.05, 4.69) is 36.0 Å². The van der Waals surface area contributed by atoms with Crippen LogP contribution in [0.1, 0.15) is 43.6 Å². The molecule has 2 unspecified atom stereocenters. The Labute approximate surface area is 268 Å². The lowest BCUT2D eigenvalue weighted by atomic mass is 10.1. The Hall–Kier alpha value is -5.17. The molecule has 1 aromatic carbocycles. The summed E-state index contributed by atoms with van der Waals surface area (Å²) in [5.74, 6) is -2.06. The van der Waals surface area contributed by atoms with Crippen molar-refractivity contribution in [3.63, 3.8) is 0 Å². The maximum Gasteiger partial charge on any atom is 0.328 e. The van der Waals surface area contributed by atoms with Crippen molar-refractivity contribution >= 4 is 35.3 Å². The Morgan fingerprint density at radius 2 is 1.37 bits per heavy atom. The molecule has 0 saturated heterocycles. The number of carbonyl (C=O) groups is 5. The summed E-state index contributed by atoms with van der Waals surface area (Å²) in [6.07, 6.45) is 3.88. The fourth-order valence-corrected chi connectivity index (χ4v) is 4.38. The number of aromatic nitrogens is 2. The fraction of sp³-hybridized carbons (Fsp3) is 0.364. The predicted molar refractivity (Wildman–Crippen MR) is 171 cm³/mol. The highest BCUT2D eigenvalue weighted by atomic mass is 16.5. The molecule has 2 aromatic heterocycles. The van der Waals surface area contributed by atoms with Crippen LogP contribution in [0.15, 0.2) is 73.1 Å². The van der Waals surface area contributed by atoms with E-state index in [1.807, 2.05) is 65.6 Å². The average molecular weight is 632 g/mol. The Morgan fingerprint density at radius 3 is 1.93 bits per heavy atom. The van der Waals surface area contributed by atoms with Gasteiger partial charge in [-0.15, -0.1) is 0 Å². The molecular formula is C33H41N7O6. The molecule has 2 atom stereocenters.